The number of ether oxygens (including phenoxy) is 1. The van der Waals surface area contributed by atoms with Gasteiger partial charge in [-0.05, 0) is 56.7 Å². The van der Waals surface area contributed by atoms with Gasteiger partial charge >= 0.3 is 0 Å². The van der Waals surface area contributed by atoms with E-state index in [0.29, 0.717) is 11.4 Å². The van der Waals surface area contributed by atoms with Gasteiger partial charge < -0.3 is 20.3 Å². The van der Waals surface area contributed by atoms with Crippen molar-refractivity contribution in [3.63, 3.8) is 0 Å². The van der Waals surface area contributed by atoms with E-state index >= 15 is 0 Å². The van der Waals surface area contributed by atoms with Crippen molar-refractivity contribution in [2.45, 2.75) is 39.9 Å². The van der Waals surface area contributed by atoms with Gasteiger partial charge in [0, 0.05) is 43.3 Å². The first-order valence-electron chi connectivity index (χ1n) is 9.38. The Morgan fingerprint density at radius 3 is 2.46 bits per heavy atom. The molecule has 0 spiro atoms. The highest BCUT2D eigenvalue weighted by molar-refractivity contribution is 6.03. The van der Waals surface area contributed by atoms with Crippen molar-refractivity contribution >= 4 is 28.9 Å². The summed E-state index contributed by atoms with van der Waals surface area (Å²) in [5.74, 6) is -0.407. The smallest absolute Gasteiger partial charge is 0.274 e. The van der Waals surface area contributed by atoms with Crippen LogP contribution < -0.4 is 15.5 Å². The molecule has 1 aromatic heterocycles. The first-order chi connectivity index (χ1) is 13.3. The Bertz CT molecular complexity index is 874. The molecule has 2 atom stereocenters. The molecule has 1 aliphatic heterocycles. The monoisotopic (exact) mass is 382 g/mol. The maximum Gasteiger partial charge on any atom is 0.274 e. The van der Waals surface area contributed by atoms with Crippen LogP contribution in [-0.4, -0.2) is 42.1 Å². The maximum absolute atomic E-state index is 12.7. The van der Waals surface area contributed by atoms with E-state index in [-0.39, 0.29) is 24.0 Å². The number of carbonyl (C=O) groups excluding carboxylic acids is 2. The van der Waals surface area contributed by atoms with Crippen LogP contribution >= 0.6 is 0 Å². The van der Waals surface area contributed by atoms with Crippen LogP contribution in [0.25, 0.3) is 0 Å². The summed E-state index contributed by atoms with van der Waals surface area (Å²) in [4.78, 5) is 30.3. The SMILES string of the molecule is CC(=O)Nc1ccc(NC(=O)c2cc(N3CC(C)OC(C)C3)ccn2)cc1C. The number of nitrogens with zero attached hydrogens (tertiary/aromatic N) is 2. The molecule has 148 valence electrons. The van der Waals surface area contributed by atoms with Gasteiger partial charge in [-0.15, -0.1) is 0 Å². The Labute approximate surface area is 165 Å². The van der Waals surface area contributed by atoms with Gasteiger partial charge in [0.15, 0.2) is 0 Å². The average Bonchev–Trinajstić information content (AvgIpc) is 2.63. The van der Waals surface area contributed by atoms with Gasteiger partial charge in [-0.3, -0.25) is 14.6 Å². The lowest BCUT2D eigenvalue weighted by atomic mass is 10.1. The van der Waals surface area contributed by atoms with Crippen LogP contribution in [0.3, 0.4) is 0 Å². The van der Waals surface area contributed by atoms with Gasteiger partial charge in [0.25, 0.3) is 5.91 Å². The second-order valence-corrected chi connectivity index (χ2v) is 7.23. The third kappa shape index (κ3) is 4.86. The summed E-state index contributed by atoms with van der Waals surface area (Å²) >= 11 is 0. The van der Waals surface area contributed by atoms with Crippen LogP contribution in [0.4, 0.5) is 17.1 Å². The van der Waals surface area contributed by atoms with E-state index in [0.717, 1.165) is 30.0 Å². The lowest BCUT2D eigenvalue weighted by Crippen LogP contribution is -2.45. The van der Waals surface area contributed by atoms with E-state index < -0.39 is 0 Å². The fourth-order valence-electron chi connectivity index (χ4n) is 3.40. The zero-order valence-electron chi connectivity index (χ0n) is 16.7. The van der Waals surface area contributed by atoms with Crippen molar-refractivity contribution in [2.75, 3.05) is 28.6 Å². The molecule has 1 saturated heterocycles. The number of aryl methyl sites for hydroxylation is 1. The van der Waals surface area contributed by atoms with Gasteiger partial charge in [-0.2, -0.15) is 0 Å². The van der Waals surface area contributed by atoms with Gasteiger partial charge in [0.1, 0.15) is 5.69 Å². The summed E-state index contributed by atoms with van der Waals surface area (Å²) in [6.45, 7) is 8.98. The van der Waals surface area contributed by atoms with Gasteiger partial charge in [0.2, 0.25) is 5.91 Å². The molecule has 1 aliphatic rings. The number of carbonyl (C=O) groups is 2. The van der Waals surface area contributed by atoms with Gasteiger partial charge in [0.05, 0.1) is 12.2 Å². The lowest BCUT2D eigenvalue weighted by molar-refractivity contribution is -0.114. The zero-order valence-corrected chi connectivity index (χ0v) is 16.7. The molecule has 0 saturated carbocycles. The summed E-state index contributed by atoms with van der Waals surface area (Å²) in [5.41, 5.74) is 3.55. The quantitative estimate of drug-likeness (QED) is 0.848. The number of amides is 2. The molecule has 28 heavy (non-hydrogen) atoms. The van der Waals surface area contributed by atoms with Crippen LogP contribution in [0.5, 0.6) is 0 Å². The van der Waals surface area contributed by atoms with Crippen molar-refractivity contribution in [3.8, 4) is 0 Å². The number of hydrogen-bond donors (Lipinski definition) is 2. The number of aromatic nitrogens is 1. The molecule has 2 N–H and O–H groups in total. The first-order valence-corrected chi connectivity index (χ1v) is 9.38. The molecule has 7 heteroatoms. The minimum Gasteiger partial charge on any atom is -0.372 e. The second-order valence-electron chi connectivity index (χ2n) is 7.23. The molecule has 1 aromatic carbocycles. The summed E-state index contributed by atoms with van der Waals surface area (Å²) in [6.07, 6.45) is 1.93. The molecule has 7 nitrogen and oxygen atoms in total. The molecule has 1 fully saturated rings. The molecule has 2 aromatic rings. The fraction of sp³-hybridized carbons (Fsp3) is 0.381. The Hall–Kier alpha value is -2.93. The highest BCUT2D eigenvalue weighted by Gasteiger charge is 2.23. The number of rotatable bonds is 4. The second kappa shape index (κ2) is 8.39. The van der Waals surface area contributed by atoms with Crippen LogP contribution in [0, 0.1) is 6.92 Å². The molecule has 0 radical (unpaired) electrons. The topological polar surface area (TPSA) is 83.6 Å². The predicted octanol–water partition coefficient (Wildman–Crippen LogP) is 3.21. The van der Waals surface area contributed by atoms with Crippen molar-refractivity contribution in [1.82, 2.24) is 4.98 Å². The summed E-state index contributed by atoms with van der Waals surface area (Å²) in [7, 11) is 0. The normalized spacial score (nSPS) is 19.2. The number of pyridine rings is 1. The largest absolute Gasteiger partial charge is 0.372 e. The van der Waals surface area contributed by atoms with Gasteiger partial charge in [-0.1, -0.05) is 0 Å². The van der Waals surface area contributed by atoms with Crippen LogP contribution in [0.15, 0.2) is 36.5 Å². The van der Waals surface area contributed by atoms with E-state index in [9.17, 15) is 9.59 Å². The van der Waals surface area contributed by atoms with E-state index in [1.165, 1.54) is 6.92 Å². The average molecular weight is 382 g/mol. The summed E-state index contributed by atoms with van der Waals surface area (Å²) < 4.78 is 5.78. The third-order valence-corrected chi connectivity index (χ3v) is 4.56. The van der Waals surface area contributed by atoms with E-state index in [1.54, 1.807) is 24.4 Å². The van der Waals surface area contributed by atoms with Crippen molar-refractivity contribution < 1.29 is 14.3 Å². The number of benzene rings is 1. The van der Waals surface area contributed by atoms with Gasteiger partial charge in [-0.25, -0.2) is 0 Å². The predicted molar refractivity (Wildman–Crippen MR) is 110 cm³/mol. The maximum atomic E-state index is 12.7. The summed E-state index contributed by atoms with van der Waals surface area (Å²) in [6, 6.07) is 9.06. The number of nitrogens with one attached hydrogen (secondary N) is 2. The van der Waals surface area contributed by atoms with Crippen molar-refractivity contribution in [3.05, 3.63) is 47.8 Å². The number of anilines is 3. The Kier molecular flexibility index (Phi) is 5.94. The first kappa shape index (κ1) is 19.8. The van der Waals surface area contributed by atoms with Crippen molar-refractivity contribution in [2.24, 2.45) is 0 Å². The van der Waals surface area contributed by atoms with E-state index in [4.69, 9.17) is 4.74 Å². The summed E-state index contributed by atoms with van der Waals surface area (Å²) in [5, 5.41) is 5.63. The zero-order chi connectivity index (χ0) is 20.3. The standard InChI is InChI=1S/C21H26N4O3/c1-13-9-17(5-6-19(13)23-16(4)26)24-21(27)20-10-18(7-8-22-20)25-11-14(2)28-15(3)12-25/h5-10,14-15H,11-12H2,1-4H3,(H,23,26)(H,24,27). The molecule has 0 bridgehead atoms. The Morgan fingerprint density at radius 2 is 1.82 bits per heavy atom. The molecule has 2 amide bonds. The molecule has 0 aliphatic carbocycles. The molecule has 2 heterocycles. The van der Waals surface area contributed by atoms with E-state index in [1.807, 2.05) is 32.9 Å². The fourth-order valence-corrected chi connectivity index (χ4v) is 3.40. The molecular formula is C21H26N4O3. The van der Waals surface area contributed by atoms with Crippen LogP contribution in [-0.2, 0) is 9.53 Å². The Morgan fingerprint density at radius 1 is 1.11 bits per heavy atom. The molecule has 2 unspecified atom stereocenters. The minimum absolute atomic E-state index is 0.132. The minimum atomic E-state index is -0.275. The third-order valence-electron chi connectivity index (χ3n) is 4.56. The molecule has 3 rings (SSSR count). The van der Waals surface area contributed by atoms with Crippen LogP contribution in [0.1, 0.15) is 36.8 Å². The van der Waals surface area contributed by atoms with E-state index in [2.05, 4.69) is 20.5 Å². The number of morpholine rings is 1. The molecular weight excluding hydrogens is 356 g/mol. The highest BCUT2D eigenvalue weighted by Crippen LogP contribution is 2.22. The van der Waals surface area contributed by atoms with Crippen LogP contribution in [0.2, 0.25) is 0 Å². The van der Waals surface area contributed by atoms with Crippen molar-refractivity contribution in [1.29, 1.82) is 0 Å². The highest BCUT2D eigenvalue weighted by atomic mass is 16.5. The number of hydrogen-bond acceptors (Lipinski definition) is 5. The Balaban J connectivity index is 1.73. The lowest BCUT2D eigenvalue weighted by Gasteiger charge is -2.36.